The van der Waals surface area contributed by atoms with Crippen LogP contribution in [0.4, 0.5) is 11.4 Å². The molecule has 1 unspecified atom stereocenters. The van der Waals surface area contributed by atoms with Crippen LogP contribution < -0.4 is 11.1 Å². The van der Waals surface area contributed by atoms with Crippen LogP contribution in [0.15, 0.2) is 22.7 Å². The SMILES string of the molecule is CCSCC(C)Nc1ccc(Br)cc1N. The van der Waals surface area contributed by atoms with Gasteiger partial charge in [-0.05, 0) is 30.9 Å². The average molecular weight is 289 g/mol. The third-order valence-electron chi connectivity index (χ3n) is 1.99. The lowest BCUT2D eigenvalue weighted by atomic mass is 10.2. The van der Waals surface area contributed by atoms with E-state index in [1.807, 2.05) is 30.0 Å². The van der Waals surface area contributed by atoms with E-state index in [4.69, 9.17) is 5.73 Å². The maximum atomic E-state index is 5.90. The molecule has 1 aromatic rings. The molecule has 0 heterocycles. The quantitative estimate of drug-likeness (QED) is 0.814. The molecule has 0 spiro atoms. The fourth-order valence-corrected chi connectivity index (χ4v) is 2.32. The largest absolute Gasteiger partial charge is 0.397 e. The summed E-state index contributed by atoms with van der Waals surface area (Å²) in [5.41, 5.74) is 7.70. The van der Waals surface area contributed by atoms with E-state index in [0.717, 1.165) is 27.4 Å². The van der Waals surface area contributed by atoms with E-state index in [-0.39, 0.29) is 0 Å². The molecule has 1 rings (SSSR count). The van der Waals surface area contributed by atoms with Gasteiger partial charge in [-0.3, -0.25) is 0 Å². The molecule has 84 valence electrons. The highest BCUT2D eigenvalue weighted by atomic mass is 79.9. The molecule has 0 aliphatic rings. The number of nitrogens with two attached hydrogens (primary N) is 1. The minimum atomic E-state index is 0.443. The van der Waals surface area contributed by atoms with Crippen LogP contribution in [0.5, 0.6) is 0 Å². The average Bonchev–Trinajstić information content (AvgIpc) is 2.19. The van der Waals surface area contributed by atoms with Gasteiger partial charge >= 0.3 is 0 Å². The summed E-state index contributed by atoms with van der Waals surface area (Å²) in [6.45, 7) is 4.34. The number of rotatable bonds is 5. The van der Waals surface area contributed by atoms with Crippen molar-refractivity contribution in [3.8, 4) is 0 Å². The lowest BCUT2D eigenvalue weighted by molar-refractivity contribution is 0.914. The Bertz CT molecular complexity index is 317. The minimum absolute atomic E-state index is 0.443. The maximum Gasteiger partial charge on any atom is 0.0577 e. The first-order valence-electron chi connectivity index (χ1n) is 5.02. The Morgan fingerprint density at radius 3 is 2.87 bits per heavy atom. The van der Waals surface area contributed by atoms with Gasteiger partial charge in [0.2, 0.25) is 0 Å². The van der Waals surface area contributed by atoms with Gasteiger partial charge in [0.25, 0.3) is 0 Å². The van der Waals surface area contributed by atoms with Crippen molar-refractivity contribution in [3.63, 3.8) is 0 Å². The van der Waals surface area contributed by atoms with Crippen molar-refractivity contribution < 1.29 is 0 Å². The van der Waals surface area contributed by atoms with E-state index in [2.05, 4.69) is 35.1 Å². The predicted molar refractivity (Wildman–Crippen MR) is 74.6 cm³/mol. The second-order valence-corrected chi connectivity index (χ2v) is 5.67. The molecule has 2 nitrogen and oxygen atoms in total. The van der Waals surface area contributed by atoms with E-state index >= 15 is 0 Å². The molecule has 1 aromatic carbocycles. The molecule has 0 saturated carbocycles. The van der Waals surface area contributed by atoms with Crippen LogP contribution in [0.3, 0.4) is 0 Å². The van der Waals surface area contributed by atoms with Gasteiger partial charge in [-0.15, -0.1) is 0 Å². The highest BCUT2D eigenvalue weighted by molar-refractivity contribution is 9.10. The molecule has 0 aliphatic heterocycles. The third-order valence-corrected chi connectivity index (χ3v) is 3.62. The number of nitrogens with one attached hydrogen (secondary N) is 1. The monoisotopic (exact) mass is 288 g/mol. The summed E-state index contributed by atoms with van der Waals surface area (Å²) in [4.78, 5) is 0. The first-order chi connectivity index (χ1) is 7.13. The molecule has 4 heteroatoms. The standard InChI is InChI=1S/C11H17BrN2S/c1-3-15-7-8(2)14-11-5-4-9(12)6-10(11)13/h4-6,8,14H,3,7,13H2,1-2H3. The van der Waals surface area contributed by atoms with Gasteiger partial charge in [-0.2, -0.15) is 11.8 Å². The van der Waals surface area contributed by atoms with E-state index in [9.17, 15) is 0 Å². The van der Waals surface area contributed by atoms with Crippen molar-refractivity contribution in [1.29, 1.82) is 0 Å². The lowest BCUT2D eigenvalue weighted by Crippen LogP contribution is -2.18. The van der Waals surface area contributed by atoms with E-state index in [1.54, 1.807) is 0 Å². The van der Waals surface area contributed by atoms with Crippen LogP contribution in [0.1, 0.15) is 13.8 Å². The van der Waals surface area contributed by atoms with E-state index in [0.29, 0.717) is 6.04 Å². The van der Waals surface area contributed by atoms with Crippen molar-refractivity contribution in [1.82, 2.24) is 0 Å². The third kappa shape index (κ3) is 4.34. The molecule has 15 heavy (non-hydrogen) atoms. The Morgan fingerprint density at radius 2 is 2.27 bits per heavy atom. The highest BCUT2D eigenvalue weighted by Gasteiger charge is 2.04. The topological polar surface area (TPSA) is 38.0 Å². The van der Waals surface area contributed by atoms with Gasteiger partial charge in [0, 0.05) is 16.3 Å². The molecule has 1 atom stereocenters. The van der Waals surface area contributed by atoms with Crippen LogP contribution in [0.2, 0.25) is 0 Å². The molecule has 0 aliphatic carbocycles. The summed E-state index contributed by atoms with van der Waals surface area (Å²) in [6, 6.07) is 6.37. The van der Waals surface area contributed by atoms with Gasteiger partial charge in [-0.25, -0.2) is 0 Å². The Morgan fingerprint density at radius 1 is 1.53 bits per heavy atom. The van der Waals surface area contributed by atoms with Gasteiger partial charge in [0.1, 0.15) is 0 Å². The molecule has 0 radical (unpaired) electrons. The Kier molecular flexibility index (Phi) is 5.32. The molecule has 0 fully saturated rings. The van der Waals surface area contributed by atoms with Crippen LogP contribution in [-0.4, -0.2) is 17.5 Å². The van der Waals surface area contributed by atoms with Crippen molar-refractivity contribution in [2.45, 2.75) is 19.9 Å². The number of halogens is 1. The molecule has 0 saturated heterocycles. The summed E-state index contributed by atoms with van der Waals surface area (Å²) in [6.07, 6.45) is 0. The van der Waals surface area contributed by atoms with E-state index in [1.165, 1.54) is 0 Å². The number of hydrogen-bond acceptors (Lipinski definition) is 3. The molecular weight excluding hydrogens is 272 g/mol. The van der Waals surface area contributed by atoms with Crippen molar-refractivity contribution in [2.75, 3.05) is 22.6 Å². The van der Waals surface area contributed by atoms with Gasteiger partial charge in [0.15, 0.2) is 0 Å². The zero-order valence-electron chi connectivity index (χ0n) is 9.09. The van der Waals surface area contributed by atoms with Gasteiger partial charge in [0.05, 0.1) is 11.4 Å². The summed E-state index contributed by atoms with van der Waals surface area (Å²) >= 11 is 5.32. The number of nitrogen functional groups attached to an aromatic ring is 1. The molecule has 0 aromatic heterocycles. The second-order valence-electron chi connectivity index (χ2n) is 3.44. The molecule has 0 amide bonds. The Labute approximate surface area is 104 Å². The first kappa shape index (κ1) is 12.7. The summed E-state index contributed by atoms with van der Waals surface area (Å²) < 4.78 is 1.01. The summed E-state index contributed by atoms with van der Waals surface area (Å²) in [7, 11) is 0. The van der Waals surface area contributed by atoms with Crippen LogP contribution in [0.25, 0.3) is 0 Å². The van der Waals surface area contributed by atoms with Crippen molar-refractivity contribution >= 4 is 39.1 Å². The fourth-order valence-electron chi connectivity index (χ4n) is 1.27. The first-order valence-corrected chi connectivity index (χ1v) is 6.97. The molecular formula is C11H17BrN2S. The number of anilines is 2. The fraction of sp³-hybridized carbons (Fsp3) is 0.455. The lowest BCUT2D eigenvalue weighted by Gasteiger charge is -2.16. The number of benzene rings is 1. The normalized spacial score (nSPS) is 12.5. The summed E-state index contributed by atoms with van der Waals surface area (Å²) in [5.74, 6) is 2.26. The summed E-state index contributed by atoms with van der Waals surface area (Å²) in [5, 5.41) is 3.41. The zero-order chi connectivity index (χ0) is 11.3. The predicted octanol–water partition coefficient (Wildman–Crippen LogP) is 3.58. The number of hydrogen-bond donors (Lipinski definition) is 2. The van der Waals surface area contributed by atoms with Crippen LogP contribution in [0, 0.1) is 0 Å². The zero-order valence-corrected chi connectivity index (χ0v) is 11.5. The van der Waals surface area contributed by atoms with Crippen molar-refractivity contribution in [3.05, 3.63) is 22.7 Å². The van der Waals surface area contributed by atoms with Crippen LogP contribution >= 0.6 is 27.7 Å². The highest BCUT2D eigenvalue weighted by Crippen LogP contribution is 2.23. The second kappa shape index (κ2) is 6.28. The van der Waals surface area contributed by atoms with Gasteiger partial charge < -0.3 is 11.1 Å². The smallest absolute Gasteiger partial charge is 0.0577 e. The number of thioether (sulfide) groups is 1. The maximum absolute atomic E-state index is 5.90. The Balaban J connectivity index is 2.56. The van der Waals surface area contributed by atoms with Crippen molar-refractivity contribution in [2.24, 2.45) is 0 Å². The van der Waals surface area contributed by atoms with Crippen LogP contribution in [-0.2, 0) is 0 Å². The minimum Gasteiger partial charge on any atom is -0.397 e. The molecule has 3 N–H and O–H groups in total. The van der Waals surface area contributed by atoms with E-state index < -0.39 is 0 Å². The molecule has 0 bridgehead atoms. The Hall–Kier alpha value is -0.350. The van der Waals surface area contributed by atoms with Gasteiger partial charge in [-0.1, -0.05) is 22.9 Å².